The second-order valence-electron chi connectivity index (χ2n) is 4.71. The summed E-state index contributed by atoms with van der Waals surface area (Å²) in [7, 11) is 0. The Morgan fingerprint density at radius 3 is 2.61 bits per heavy atom. The van der Waals surface area contributed by atoms with Crippen molar-refractivity contribution in [2.75, 3.05) is 0 Å². The van der Waals surface area contributed by atoms with E-state index in [4.69, 9.17) is 0 Å². The molecule has 0 atom stereocenters. The Morgan fingerprint density at radius 2 is 2.00 bits per heavy atom. The lowest BCUT2D eigenvalue weighted by Crippen LogP contribution is -2.17. The number of H-pyrrole nitrogens is 1. The minimum atomic E-state index is -4.22. The second kappa shape index (κ2) is 5.12. The Labute approximate surface area is 102 Å². The van der Waals surface area contributed by atoms with E-state index in [-0.39, 0.29) is 23.7 Å². The van der Waals surface area contributed by atoms with Gasteiger partial charge in [0.15, 0.2) is 0 Å². The van der Waals surface area contributed by atoms with E-state index < -0.39 is 12.6 Å². The summed E-state index contributed by atoms with van der Waals surface area (Å²) in [4.78, 5) is 18.0. The van der Waals surface area contributed by atoms with Gasteiger partial charge < -0.3 is 4.98 Å². The first-order chi connectivity index (χ1) is 8.44. The molecule has 1 fully saturated rings. The summed E-state index contributed by atoms with van der Waals surface area (Å²) in [6.07, 6.45) is -1.32. The predicted octanol–water partition coefficient (Wildman–Crippen LogP) is 2.92. The fourth-order valence-electron chi connectivity index (χ4n) is 2.34. The number of aromatic nitrogens is 2. The topological polar surface area (TPSA) is 45.8 Å². The predicted molar refractivity (Wildman–Crippen MR) is 60.4 cm³/mol. The summed E-state index contributed by atoms with van der Waals surface area (Å²) in [5.41, 5.74) is 0.289. The largest absolute Gasteiger partial charge is 0.389 e. The van der Waals surface area contributed by atoms with Gasteiger partial charge in [0.1, 0.15) is 5.82 Å². The molecule has 0 bridgehead atoms. The SMILES string of the molecule is O=c1cc(C2CCCC2)nc(CCC(F)(F)F)[nH]1. The van der Waals surface area contributed by atoms with Gasteiger partial charge in [-0.25, -0.2) is 4.98 Å². The minimum absolute atomic E-state index is 0.140. The molecule has 1 aliphatic rings. The lowest BCUT2D eigenvalue weighted by atomic mass is 10.0. The molecule has 0 aliphatic heterocycles. The van der Waals surface area contributed by atoms with Crippen LogP contribution in [0.15, 0.2) is 10.9 Å². The molecule has 1 aromatic heterocycles. The fourth-order valence-corrected chi connectivity index (χ4v) is 2.34. The molecule has 0 saturated heterocycles. The molecule has 6 heteroatoms. The molecule has 1 saturated carbocycles. The number of nitrogens with zero attached hydrogens (tertiary/aromatic N) is 1. The Kier molecular flexibility index (Phi) is 3.73. The van der Waals surface area contributed by atoms with E-state index in [1.807, 2.05) is 0 Å². The molecule has 100 valence electrons. The van der Waals surface area contributed by atoms with Gasteiger partial charge >= 0.3 is 6.18 Å². The van der Waals surface area contributed by atoms with Crippen molar-refractivity contribution >= 4 is 0 Å². The van der Waals surface area contributed by atoms with Crippen molar-refractivity contribution < 1.29 is 13.2 Å². The first kappa shape index (κ1) is 13.1. The summed E-state index contributed by atoms with van der Waals surface area (Å²) in [6, 6.07) is 1.41. The summed E-state index contributed by atoms with van der Waals surface area (Å²) in [6.45, 7) is 0. The first-order valence-corrected chi connectivity index (χ1v) is 6.11. The quantitative estimate of drug-likeness (QED) is 0.908. The van der Waals surface area contributed by atoms with Crippen molar-refractivity contribution in [2.24, 2.45) is 0 Å². The van der Waals surface area contributed by atoms with E-state index in [0.29, 0.717) is 5.69 Å². The van der Waals surface area contributed by atoms with Crippen molar-refractivity contribution in [3.05, 3.63) is 27.9 Å². The second-order valence-corrected chi connectivity index (χ2v) is 4.71. The molecule has 0 spiro atoms. The fraction of sp³-hybridized carbons (Fsp3) is 0.667. The van der Waals surface area contributed by atoms with Crippen molar-refractivity contribution in [3.8, 4) is 0 Å². The monoisotopic (exact) mass is 260 g/mol. The number of halogens is 3. The standard InChI is InChI=1S/C12H15F3N2O/c13-12(14,15)6-5-10-16-9(7-11(18)17-10)8-3-1-2-4-8/h7-8H,1-6H2,(H,16,17,18). The van der Waals surface area contributed by atoms with Crippen LogP contribution in [-0.2, 0) is 6.42 Å². The van der Waals surface area contributed by atoms with Crippen LogP contribution in [-0.4, -0.2) is 16.1 Å². The summed E-state index contributed by atoms with van der Waals surface area (Å²) in [5, 5.41) is 0. The number of aromatic amines is 1. The van der Waals surface area contributed by atoms with E-state index in [0.717, 1.165) is 25.7 Å². The number of rotatable bonds is 3. The van der Waals surface area contributed by atoms with Crippen LogP contribution in [0.2, 0.25) is 0 Å². The molecular formula is C12H15F3N2O. The summed E-state index contributed by atoms with van der Waals surface area (Å²) >= 11 is 0. The molecule has 2 rings (SSSR count). The molecule has 0 radical (unpaired) electrons. The van der Waals surface area contributed by atoms with Crippen molar-refractivity contribution in [3.63, 3.8) is 0 Å². The third-order valence-electron chi connectivity index (χ3n) is 3.23. The average Bonchev–Trinajstić information content (AvgIpc) is 2.78. The van der Waals surface area contributed by atoms with Gasteiger partial charge in [0.05, 0.1) is 12.1 Å². The molecule has 18 heavy (non-hydrogen) atoms. The van der Waals surface area contributed by atoms with Crippen LogP contribution in [0.25, 0.3) is 0 Å². The zero-order valence-electron chi connectivity index (χ0n) is 9.89. The number of nitrogens with one attached hydrogen (secondary N) is 1. The zero-order chi connectivity index (χ0) is 13.2. The van der Waals surface area contributed by atoms with Gasteiger partial charge in [-0.3, -0.25) is 4.79 Å². The maximum absolute atomic E-state index is 12.1. The minimum Gasteiger partial charge on any atom is -0.311 e. The molecular weight excluding hydrogens is 245 g/mol. The number of hydrogen-bond donors (Lipinski definition) is 1. The van der Waals surface area contributed by atoms with Crippen LogP contribution >= 0.6 is 0 Å². The molecule has 0 aromatic carbocycles. The number of aryl methyl sites for hydroxylation is 1. The Hall–Kier alpha value is -1.33. The smallest absolute Gasteiger partial charge is 0.311 e. The van der Waals surface area contributed by atoms with E-state index in [9.17, 15) is 18.0 Å². The van der Waals surface area contributed by atoms with E-state index >= 15 is 0 Å². The van der Waals surface area contributed by atoms with Crippen LogP contribution in [0.3, 0.4) is 0 Å². The van der Waals surface area contributed by atoms with E-state index in [1.165, 1.54) is 6.07 Å². The van der Waals surface area contributed by atoms with Crippen molar-refractivity contribution in [1.29, 1.82) is 0 Å². The van der Waals surface area contributed by atoms with Gasteiger partial charge in [-0.2, -0.15) is 13.2 Å². The van der Waals surface area contributed by atoms with Gasteiger partial charge in [-0.05, 0) is 12.8 Å². The van der Waals surface area contributed by atoms with Gasteiger partial charge in [0.2, 0.25) is 0 Å². The highest BCUT2D eigenvalue weighted by Crippen LogP contribution is 2.32. The van der Waals surface area contributed by atoms with Gasteiger partial charge in [0, 0.05) is 18.4 Å². The number of alkyl halides is 3. The molecule has 1 heterocycles. The van der Waals surface area contributed by atoms with Crippen LogP contribution in [0.5, 0.6) is 0 Å². The third-order valence-corrected chi connectivity index (χ3v) is 3.23. The maximum Gasteiger partial charge on any atom is 0.389 e. The maximum atomic E-state index is 12.1. The van der Waals surface area contributed by atoms with Crippen LogP contribution in [0.1, 0.15) is 49.5 Å². The molecule has 0 unspecified atom stereocenters. The van der Waals surface area contributed by atoms with E-state index in [1.54, 1.807) is 0 Å². The van der Waals surface area contributed by atoms with Crippen molar-refractivity contribution in [2.45, 2.75) is 50.6 Å². The summed E-state index contributed by atoms with van der Waals surface area (Å²) < 4.78 is 36.4. The normalized spacial score (nSPS) is 17.3. The molecule has 1 N–H and O–H groups in total. The lowest BCUT2D eigenvalue weighted by molar-refractivity contribution is -0.134. The van der Waals surface area contributed by atoms with Crippen LogP contribution in [0, 0.1) is 0 Å². The molecule has 0 amide bonds. The highest BCUT2D eigenvalue weighted by atomic mass is 19.4. The van der Waals surface area contributed by atoms with Gasteiger partial charge in [-0.15, -0.1) is 0 Å². The Bertz CT molecular complexity index is 461. The highest BCUT2D eigenvalue weighted by Gasteiger charge is 2.27. The third kappa shape index (κ3) is 3.58. The summed E-state index contributed by atoms with van der Waals surface area (Å²) in [5.74, 6) is 0.374. The van der Waals surface area contributed by atoms with Gasteiger partial charge in [-0.1, -0.05) is 12.8 Å². The lowest BCUT2D eigenvalue weighted by Gasteiger charge is -2.10. The Balaban J connectivity index is 2.13. The Morgan fingerprint density at radius 1 is 1.33 bits per heavy atom. The number of hydrogen-bond acceptors (Lipinski definition) is 2. The highest BCUT2D eigenvalue weighted by molar-refractivity contribution is 5.10. The van der Waals surface area contributed by atoms with E-state index in [2.05, 4.69) is 9.97 Å². The van der Waals surface area contributed by atoms with Crippen LogP contribution < -0.4 is 5.56 Å². The first-order valence-electron chi connectivity index (χ1n) is 6.11. The van der Waals surface area contributed by atoms with Crippen molar-refractivity contribution in [1.82, 2.24) is 9.97 Å². The average molecular weight is 260 g/mol. The molecule has 1 aliphatic carbocycles. The van der Waals surface area contributed by atoms with Gasteiger partial charge in [0.25, 0.3) is 5.56 Å². The molecule has 1 aromatic rings. The molecule has 3 nitrogen and oxygen atoms in total. The zero-order valence-corrected chi connectivity index (χ0v) is 9.89. The van der Waals surface area contributed by atoms with Crippen LogP contribution in [0.4, 0.5) is 13.2 Å².